The molecule has 0 N–H and O–H groups in total. The van der Waals surface area contributed by atoms with Crippen LogP contribution in [-0.4, -0.2) is 95.6 Å². The first-order chi connectivity index (χ1) is 13.1. The van der Waals surface area contributed by atoms with Gasteiger partial charge in [-0.1, -0.05) is 0 Å². The van der Waals surface area contributed by atoms with E-state index in [4.69, 9.17) is 0 Å². The molecule has 28 heavy (non-hydrogen) atoms. The molecule has 3 fully saturated rings. The summed E-state index contributed by atoms with van der Waals surface area (Å²) in [6.07, 6.45) is 6.96. The molecule has 164 valence electrons. The zero-order chi connectivity index (χ0) is 20.4. The maximum atomic E-state index is 2.80. The molecular formula is C24H48N4. The van der Waals surface area contributed by atoms with Crippen molar-refractivity contribution in [2.75, 3.05) is 58.9 Å². The molecule has 0 saturated carbocycles. The molecule has 0 amide bonds. The molecule has 0 atom stereocenters. The number of hydrogen-bond donors (Lipinski definition) is 0. The number of piperazine rings is 1. The van der Waals surface area contributed by atoms with Gasteiger partial charge in [0.1, 0.15) is 0 Å². The first-order valence-electron chi connectivity index (χ1n) is 12.1. The van der Waals surface area contributed by atoms with E-state index in [1.807, 2.05) is 0 Å². The van der Waals surface area contributed by atoms with E-state index in [2.05, 4.69) is 61.1 Å². The van der Waals surface area contributed by atoms with E-state index in [9.17, 15) is 0 Å². The summed E-state index contributed by atoms with van der Waals surface area (Å²) in [5.74, 6) is 0.957. The highest BCUT2D eigenvalue weighted by atomic mass is 15.3. The van der Waals surface area contributed by atoms with E-state index >= 15 is 0 Å². The second kappa shape index (κ2) is 9.32. The summed E-state index contributed by atoms with van der Waals surface area (Å²) in [5, 5.41) is 0. The summed E-state index contributed by atoms with van der Waals surface area (Å²) in [4.78, 5) is 10.9. The molecule has 0 aromatic heterocycles. The Bertz CT molecular complexity index is 454. The number of rotatable bonds is 4. The molecule has 0 bridgehead atoms. The van der Waals surface area contributed by atoms with Crippen molar-refractivity contribution in [3.8, 4) is 0 Å². The van der Waals surface area contributed by atoms with Gasteiger partial charge in [0.15, 0.2) is 0 Å². The van der Waals surface area contributed by atoms with Crippen molar-refractivity contribution in [3.63, 3.8) is 0 Å². The standard InChI is InChI=1S/C24H48N4/c1-23(2,3)27-13-8-21(9-14-27)7-12-25-17-19-26(20-18-25)22-10-15-28(16-11-22)24(4,5)6/h21-22H,7-20H2,1-6H3. The summed E-state index contributed by atoms with van der Waals surface area (Å²) in [5.41, 5.74) is 0.691. The molecule has 3 saturated heterocycles. The summed E-state index contributed by atoms with van der Waals surface area (Å²) in [6.45, 7) is 25.8. The normalized spacial score (nSPS) is 26.8. The minimum absolute atomic E-state index is 0.340. The van der Waals surface area contributed by atoms with E-state index in [0.29, 0.717) is 11.1 Å². The first-order valence-corrected chi connectivity index (χ1v) is 12.1. The fraction of sp³-hybridized carbons (Fsp3) is 1.00. The van der Waals surface area contributed by atoms with Crippen LogP contribution in [0.1, 0.15) is 73.6 Å². The Kier molecular flexibility index (Phi) is 7.50. The fourth-order valence-electron chi connectivity index (χ4n) is 5.51. The van der Waals surface area contributed by atoms with E-state index in [0.717, 1.165) is 12.0 Å². The molecule has 0 unspecified atom stereocenters. The average Bonchev–Trinajstić information content (AvgIpc) is 2.66. The molecule has 0 spiro atoms. The predicted octanol–water partition coefficient (Wildman–Crippen LogP) is 3.77. The van der Waals surface area contributed by atoms with E-state index in [1.54, 1.807) is 0 Å². The third-order valence-electron chi connectivity index (χ3n) is 7.75. The third-order valence-corrected chi connectivity index (χ3v) is 7.75. The number of nitrogens with zero attached hydrogens (tertiary/aromatic N) is 4. The van der Waals surface area contributed by atoms with Crippen molar-refractivity contribution >= 4 is 0 Å². The van der Waals surface area contributed by atoms with Crippen molar-refractivity contribution in [2.24, 2.45) is 5.92 Å². The number of piperidine rings is 2. The number of likely N-dealkylation sites (tertiary alicyclic amines) is 2. The maximum Gasteiger partial charge on any atom is 0.0125 e. The quantitative estimate of drug-likeness (QED) is 0.722. The highest BCUT2D eigenvalue weighted by Gasteiger charge is 2.31. The van der Waals surface area contributed by atoms with Gasteiger partial charge in [0, 0.05) is 56.4 Å². The largest absolute Gasteiger partial charge is 0.301 e. The van der Waals surface area contributed by atoms with Crippen LogP contribution >= 0.6 is 0 Å². The Balaban J connectivity index is 1.31. The highest BCUT2D eigenvalue weighted by molar-refractivity contribution is 4.88. The molecule has 0 radical (unpaired) electrons. The lowest BCUT2D eigenvalue weighted by Crippen LogP contribution is -2.55. The van der Waals surface area contributed by atoms with Gasteiger partial charge in [-0.05, 0) is 99.2 Å². The van der Waals surface area contributed by atoms with E-state index in [-0.39, 0.29) is 0 Å². The molecule has 4 heteroatoms. The van der Waals surface area contributed by atoms with Crippen LogP contribution < -0.4 is 0 Å². The Morgan fingerprint density at radius 2 is 1.07 bits per heavy atom. The van der Waals surface area contributed by atoms with Crippen LogP contribution in [0.25, 0.3) is 0 Å². The predicted molar refractivity (Wildman–Crippen MR) is 121 cm³/mol. The monoisotopic (exact) mass is 392 g/mol. The summed E-state index contributed by atoms with van der Waals surface area (Å²) in [7, 11) is 0. The van der Waals surface area contributed by atoms with Crippen LogP contribution in [0.2, 0.25) is 0 Å². The highest BCUT2D eigenvalue weighted by Crippen LogP contribution is 2.27. The van der Waals surface area contributed by atoms with Gasteiger partial charge < -0.3 is 4.90 Å². The fourth-order valence-corrected chi connectivity index (χ4v) is 5.51. The van der Waals surface area contributed by atoms with E-state index in [1.165, 1.54) is 91.0 Å². The lowest BCUT2D eigenvalue weighted by Gasteiger charge is -2.46. The zero-order valence-corrected chi connectivity index (χ0v) is 19.8. The Labute approximate surface area is 175 Å². The van der Waals surface area contributed by atoms with Crippen LogP contribution in [-0.2, 0) is 0 Å². The van der Waals surface area contributed by atoms with Crippen LogP contribution in [0.3, 0.4) is 0 Å². The van der Waals surface area contributed by atoms with Crippen molar-refractivity contribution in [1.82, 2.24) is 19.6 Å². The van der Waals surface area contributed by atoms with Crippen LogP contribution in [0.15, 0.2) is 0 Å². The van der Waals surface area contributed by atoms with Crippen molar-refractivity contribution < 1.29 is 0 Å². The molecule has 3 aliphatic rings. The van der Waals surface area contributed by atoms with Gasteiger partial charge in [0.25, 0.3) is 0 Å². The third kappa shape index (κ3) is 6.17. The molecule has 4 nitrogen and oxygen atoms in total. The molecule has 0 aromatic carbocycles. The maximum absolute atomic E-state index is 2.80. The number of hydrogen-bond acceptors (Lipinski definition) is 4. The van der Waals surface area contributed by atoms with Gasteiger partial charge in [-0.25, -0.2) is 0 Å². The summed E-state index contributed by atoms with van der Waals surface area (Å²) in [6, 6.07) is 0.836. The Morgan fingerprint density at radius 1 is 0.607 bits per heavy atom. The van der Waals surface area contributed by atoms with Crippen molar-refractivity contribution in [2.45, 2.75) is 90.8 Å². The SMILES string of the molecule is CC(C)(C)N1CCC(CCN2CCN(C3CCN(C(C)(C)C)CC3)CC2)CC1. The van der Waals surface area contributed by atoms with Crippen LogP contribution in [0.4, 0.5) is 0 Å². The topological polar surface area (TPSA) is 13.0 Å². The lowest BCUT2D eigenvalue weighted by molar-refractivity contribution is 0.0296. The molecule has 3 aliphatic heterocycles. The molecule has 3 heterocycles. The van der Waals surface area contributed by atoms with Gasteiger partial charge >= 0.3 is 0 Å². The van der Waals surface area contributed by atoms with Crippen LogP contribution in [0.5, 0.6) is 0 Å². The molecule has 0 aromatic rings. The smallest absolute Gasteiger partial charge is 0.0125 e. The van der Waals surface area contributed by atoms with Gasteiger partial charge in [-0.2, -0.15) is 0 Å². The van der Waals surface area contributed by atoms with E-state index < -0.39 is 0 Å². The second-order valence-electron chi connectivity index (χ2n) is 11.7. The first kappa shape index (κ1) is 22.5. The molecule has 3 rings (SSSR count). The van der Waals surface area contributed by atoms with Crippen molar-refractivity contribution in [3.05, 3.63) is 0 Å². The van der Waals surface area contributed by atoms with Gasteiger partial charge in [-0.15, -0.1) is 0 Å². The molecule has 0 aliphatic carbocycles. The second-order valence-corrected chi connectivity index (χ2v) is 11.7. The Morgan fingerprint density at radius 3 is 1.54 bits per heavy atom. The van der Waals surface area contributed by atoms with Gasteiger partial charge in [0.2, 0.25) is 0 Å². The van der Waals surface area contributed by atoms with Crippen molar-refractivity contribution in [1.29, 1.82) is 0 Å². The summed E-state index contributed by atoms with van der Waals surface area (Å²) < 4.78 is 0. The van der Waals surface area contributed by atoms with Crippen LogP contribution in [0, 0.1) is 5.92 Å². The van der Waals surface area contributed by atoms with Gasteiger partial charge in [-0.3, -0.25) is 14.7 Å². The minimum atomic E-state index is 0.340. The zero-order valence-electron chi connectivity index (χ0n) is 19.8. The lowest BCUT2D eigenvalue weighted by atomic mass is 9.90. The minimum Gasteiger partial charge on any atom is -0.301 e. The van der Waals surface area contributed by atoms with Gasteiger partial charge in [0.05, 0.1) is 0 Å². The molecular weight excluding hydrogens is 344 g/mol. The Hall–Kier alpha value is -0.160. The average molecular weight is 393 g/mol. The summed E-state index contributed by atoms with van der Waals surface area (Å²) >= 11 is 0.